The molecule has 0 spiro atoms. The number of benzene rings is 4. The summed E-state index contributed by atoms with van der Waals surface area (Å²) in [6, 6.07) is 25.7. The van der Waals surface area contributed by atoms with E-state index in [-0.39, 0.29) is 16.4 Å². The van der Waals surface area contributed by atoms with E-state index in [1.54, 1.807) is 36.4 Å². The second-order valence-electron chi connectivity index (χ2n) is 9.71. The van der Waals surface area contributed by atoms with Crippen molar-refractivity contribution in [2.45, 2.75) is 68.8 Å². The lowest BCUT2D eigenvalue weighted by molar-refractivity contribution is 0.243. The third-order valence-electron chi connectivity index (χ3n) is 6.95. The fourth-order valence-electron chi connectivity index (χ4n) is 4.27. The van der Waals surface area contributed by atoms with Gasteiger partial charge in [-0.05, 0) is 109 Å². The number of sulfone groups is 1. The smallest absolute Gasteiger partial charge is 0.206 e. The molecule has 0 saturated heterocycles. The minimum Gasteiger partial charge on any atom is -0.491 e. The predicted molar refractivity (Wildman–Crippen MR) is 146 cm³/mol. The van der Waals surface area contributed by atoms with Crippen LogP contribution in [0.4, 0.5) is 0 Å². The zero-order chi connectivity index (χ0) is 25.9. The molecule has 4 rings (SSSR count). The van der Waals surface area contributed by atoms with Crippen LogP contribution in [0.5, 0.6) is 17.2 Å². The SMILES string of the molecule is CCC(C)(CC)c1ccc(S(=O)(=O)c2ccc(Oc3ccc4ccc(OC(C)C)cc4c3)cc2)cc1. The van der Waals surface area contributed by atoms with Gasteiger partial charge in [-0.3, -0.25) is 0 Å². The van der Waals surface area contributed by atoms with Crippen LogP contribution in [0.1, 0.15) is 53.0 Å². The molecule has 0 fully saturated rings. The maximum absolute atomic E-state index is 13.2. The molecule has 0 bridgehead atoms. The highest BCUT2D eigenvalue weighted by molar-refractivity contribution is 7.91. The number of rotatable bonds is 9. The van der Waals surface area contributed by atoms with E-state index in [0.29, 0.717) is 16.4 Å². The maximum Gasteiger partial charge on any atom is 0.206 e. The largest absolute Gasteiger partial charge is 0.491 e. The van der Waals surface area contributed by atoms with E-state index in [0.717, 1.165) is 34.9 Å². The summed E-state index contributed by atoms with van der Waals surface area (Å²) in [6.45, 7) is 10.5. The summed E-state index contributed by atoms with van der Waals surface area (Å²) in [6.07, 6.45) is 2.10. The van der Waals surface area contributed by atoms with Gasteiger partial charge >= 0.3 is 0 Å². The normalized spacial score (nSPS) is 12.2. The molecule has 0 aromatic heterocycles. The van der Waals surface area contributed by atoms with E-state index in [9.17, 15) is 8.42 Å². The standard InChI is InChI=1S/C31H34O4S/c1-6-31(5,7-2)25-10-16-29(17-11-25)36(32,33)30-18-14-26(15-19-30)35-28-13-9-23-8-12-27(34-22(3)4)20-24(23)21-28/h8-22H,6-7H2,1-5H3. The van der Waals surface area contributed by atoms with Crippen LogP contribution in [0.2, 0.25) is 0 Å². The Morgan fingerprint density at radius 3 is 1.75 bits per heavy atom. The molecule has 0 atom stereocenters. The van der Waals surface area contributed by atoms with Gasteiger partial charge in [-0.1, -0.05) is 45.0 Å². The van der Waals surface area contributed by atoms with Crippen molar-refractivity contribution in [2.75, 3.05) is 0 Å². The average Bonchev–Trinajstić information content (AvgIpc) is 2.88. The fraction of sp³-hybridized carbons (Fsp3) is 0.290. The van der Waals surface area contributed by atoms with Gasteiger partial charge in [-0.25, -0.2) is 8.42 Å². The van der Waals surface area contributed by atoms with Crippen LogP contribution in [0, 0.1) is 0 Å². The van der Waals surface area contributed by atoms with E-state index in [1.165, 1.54) is 0 Å². The molecular weight excluding hydrogens is 468 g/mol. The third kappa shape index (κ3) is 5.41. The van der Waals surface area contributed by atoms with Crippen molar-refractivity contribution in [3.05, 3.63) is 90.5 Å². The van der Waals surface area contributed by atoms with Crippen molar-refractivity contribution < 1.29 is 17.9 Å². The molecule has 0 amide bonds. The van der Waals surface area contributed by atoms with E-state index >= 15 is 0 Å². The lowest BCUT2D eigenvalue weighted by Gasteiger charge is -2.27. The molecule has 0 aliphatic carbocycles. The highest BCUT2D eigenvalue weighted by Gasteiger charge is 2.24. The first-order chi connectivity index (χ1) is 17.1. The molecule has 4 aromatic carbocycles. The number of hydrogen-bond acceptors (Lipinski definition) is 4. The van der Waals surface area contributed by atoms with Crippen molar-refractivity contribution in [1.82, 2.24) is 0 Å². The van der Waals surface area contributed by atoms with Gasteiger partial charge in [0.25, 0.3) is 0 Å². The molecule has 0 heterocycles. The van der Waals surface area contributed by atoms with Crippen LogP contribution >= 0.6 is 0 Å². The van der Waals surface area contributed by atoms with Crippen LogP contribution in [-0.2, 0) is 15.3 Å². The third-order valence-corrected chi connectivity index (χ3v) is 8.73. The zero-order valence-corrected chi connectivity index (χ0v) is 22.4. The Balaban J connectivity index is 1.53. The second-order valence-corrected chi connectivity index (χ2v) is 11.7. The van der Waals surface area contributed by atoms with E-state index in [4.69, 9.17) is 9.47 Å². The van der Waals surface area contributed by atoms with Crippen molar-refractivity contribution in [3.8, 4) is 17.2 Å². The minimum absolute atomic E-state index is 0.0487. The molecule has 0 saturated carbocycles. The fourth-order valence-corrected chi connectivity index (χ4v) is 5.53. The Labute approximate surface area is 214 Å². The molecule has 0 N–H and O–H groups in total. The van der Waals surface area contributed by atoms with Crippen LogP contribution in [0.15, 0.2) is 94.7 Å². The topological polar surface area (TPSA) is 52.6 Å². The summed E-state index contributed by atoms with van der Waals surface area (Å²) in [7, 11) is -3.62. The first-order valence-electron chi connectivity index (χ1n) is 12.5. The molecule has 0 aliphatic heterocycles. The Bertz CT molecular complexity index is 1430. The highest BCUT2D eigenvalue weighted by atomic mass is 32.2. The first kappa shape index (κ1) is 25.8. The summed E-state index contributed by atoms with van der Waals surface area (Å²) >= 11 is 0. The Hall–Kier alpha value is -3.31. The van der Waals surface area contributed by atoms with Crippen LogP contribution < -0.4 is 9.47 Å². The maximum atomic E-state index is 13.2. The van der Waals surface area contributed by atoms with Gasteiger partial charge in [0.15, 0.2) is 0 Å². The molecule has 36 heavy (non-hydrogen) atoms. The number of ether oxygens (including phenoxy) is 2. The molecule has 188 valence electrons. The van der Waals surface area contributed by atoms with Gasteiger partial charge in [0.05, 0.1) is 15.9 Å². The zero-order valence-electron chi connectivity index (χ0n) is 21.6. The number of fused-ring (bicyclic) bond motifs is 1. The summed E-state index contributed by atoms with van der Waals surface area (Å²) < 4.78 is 38.2. The Morgan fingerprint density at radius 2 is 1.19 bits per heavy atom. The van der Waals surface area contributed by atoms with Crippen LogP contribution in [0.3, 0.4) is 0 Å². The molecule has 4 aromatic rings. The van der Waals surface area contributed by atoms with Crippen LogP contribution in [0.25, 0.3) is 10.8 Å². The summed E-state index contributed by atoms with van der Waals surface area (Å²) in [4.78, 5) is 0.536. The summed E-state index contributed by atoms with van der Waals surface area (Å²) in [5.41, 5.74) is 1.21. The molecule has 4 nitrogen and oxygen atoms in total. The second kappa shape index (κ2) is 10.4. The molecule has 0 aliphatic rings. The van der Waals surface area contributed by atoms with Crippen LogP contribution in [-0.4, -0.2) is 14.5 Å². The highest BCUT2D eigenvalue weighted by Crippen LogP contribution is 2.33. The lowest BCUT2D eigenvalue weighted by atomic mass is 9.78. The van der Waals surface area contributed by atoms with Gasteiger partial charge in [0, 0.05) is 0 Å². The predicted octanol–water partition coefficient (Wildman–Crippen LogP) is 8.33. The van der Waals surface area contributed by atoms with Gasteiger partial charge in [0.1, 0.15) is 17.2 Å². The summed E-state index contributed by atoms with van der Waals surface area (Å²) in [5, 5.41) is 2.10. The van der Waals surface area contributed by atoms with Gasteiger partial charge < -0.3 is 9.47 Å². The number of hydrogen-bond donors (Lipinski definition) is 0. The van der Waals surface area contributed by atoms with E-state index in [1.807, 2.05) is 62.4 Å². The quantitative estimate of drug-likeness (QED) is 0.231. The monoisotopic (exact) mass is 502 g/mol. The van der Waals surface area contributed by atoms with E-state index in [2.05, 4.69) is 20.8 Å². The van der Waals surface area contributed by atoms with Crippen molar-refractivity contribution >= 4 is 20.6 Å². The molecule has 0 radical (unpaired) electrons. The first-order valence-corrected chi connectivity index (χ1v) is 14.0. The molecule has 0 unspecified atom stereocenters. The molecular formula is C31H34O4S. The van der Waals surface area contributed by atoms with Gasteiger partial charge in [-0.15, -0.1) is 0 Å². The average molecular weight is 503 g/mol. The van der Waals surface area contributed by atoms with Gasteiger partial charge in [0.2, 0.25) is 9.84 Å². The Morgan fingerprint density at radius 1 is 0.694 bits per heavy atom. The minimum atomic E-state index is -3.62. The van der Waals surface area contributed by atoms with Crippen molar-refractivity contribution in [1.29, 1.82) is 0 Å². The van der Waals surface area contributed by atoms with Crippen molar-refractivity contribution in [3.63, 3.8) is 0 Å². The van der Waals surface area contributed by atoms with Gasteiger partial charge in [-0.2, -0.15) is 0 Å². The summed E-state index contributed by atoms with van der Waals surface area (Å²) in [5.74, 6) is 2.05. The Kier molecular flexibility index (Phi) is 7.41. The molecule has 5 heteroatoms. The van der Waals surface area contributed by atoms with Crippen molar-refractivity contribution in [2.24, 2.45) is 0 Å². The lowest BCUT2D eigenvalue weighted by Crippen LogP contribution is -2.19. The van der Waals surface area contributed by atoms with E-state index < -0.39 is 9.84 Å².